The summed E-state index contributed by atoms with van der Waals surface area (Å²) >= 11 is 0. The fraction of sp³-hybridized carbons (Fsp3) is 0.571. The molecule has 0 spiro atoms. The lowest BCUT2D eigenvalue weighted by molar-refractivity contribution is -0.119. The van der Waals surface area contributed by atoms with Crippen molar-refractivity contribution in [2.45, 2.75) is 19.8 Å². The number of nitrogens with two attached hydrogens (primary N) is 1. The van der Waals surface area contributed by atoms with E-state index in [0.29, 0.717) is 30.4 Å². The van der Waals surface area contributed by atoms with Crippen LogP contribution in [-0.4, -0.2) is 42.5 Å². The molecule has 1 saturated heterocycles. The molecule has 0 aromatic carbocycles. The molecule has 1 atom stereocenters. The van der Waals surface area contributed by atoms with Gasteiger partial charge in [-0.15, -0.1) is 0 Å². The molecule has 2 heterocycles. The summed E-state index contributed by atoms with van der Waals surface area (Å²) in [4.78, 5) is 20.6. The van der Waals surface area contributed by atoms with Crippen molar-refractivity contribution in [1.82, 2.24) is 9.88 Å². The van der Waals surface area contributed by atoms with Gasteiger partial charge in [-0.3, -0.25) is 9.69 Å². The summed E-state index contributed by atoms with van der Waals surface area (Å²) in [5.74, 6) is 1.31. The summed E-state index contributed by atoms with van der Waals surface area (Å²) in [5, 5.41) is 0. The van der Waals surface area contributed by atoms with Crippen molar-refractivity contribution < 1.29 is 4.79 Å². The van der Waals surface area contributed by atoms with Crippen LogP contribution in [0.4, 0.5) is 11.5 Å². The van der Waals surface area contributed by atoms with E-state index in [2.05, 4.69) is 16.9 Å². The van der Waals surface area contributed by atoms with E-state index in [4.69, 9.17) is 5.73 Å². The molecule has 5 heteroatoms. The van der Waals surface area contributed by atoms with Gasteiger partial charge in [-0.05, 0) is 45.0 Å². The number of carbonyl (C=O) groups excluding carboxylic acids is 1. The minimum atomic E-state index is 0.153. The molecule has 1 aromatic rings. The molecule has 1 amide bonds. The lowest BCUT2D eigenvalue weighted by Crippen LogP contribution is -2.33. The van der Waals surface area contributed by atoms with E-state index >= 15 is 0 Å². The van der Waals surface area contributed by atoms with Crippen LogP contribution in [0.2, 0.25) is 0 Å². The summed E-state index contributed by atoms with van der Waals surface area (Å²) in [6.45, 7) is 4.71. The van der Waals surface area contributed by atoms with Crippen molar-refractivity contribution in [3.63, 3.8) is 0 Å². The maximum atomic E-state index is 12.4. The highest BCUT2D eigenvalue weighted by Gasteiger charge is 2.25. The van der Waals surface area contributed by atoms with Crippen molar-refractivity contribution in [3.05, 3.63) is 18.3 Å². The Morgan fingerprint density at radius 3 is 2.89 bits per heavy atom. The van der Waals surface area contributed by atoms with Gasteiger partial charge in [0.15, 0.2) is 0 Å². The van der Waals surface area contributed by atoms with Gasteiger partial charge in [0.25, 0.3) is 0 Å². The van der Waals surface area contributed by atoms with Crippen LogP contribution in [-0.2, 0) is 4.79 Å². The number of likely N-dealkylation sites (tertiary alicyclic amines) is 1. The number of nitrogen functional groups attached to an aromatic ring is 1. The number of anilines is 2. The van der Waals surface area contributed by atoms with Crippen LogP contribution in [0.1, 0.15) is 19.8 Å². The SMILES string of the molecule is CCN(C(=O)CC1CCN(C)C1)c1ccc(N)cn1. The maximum Gasteiger partial charge on any atom is 0.228 e. The molecule has 1 fully saturated rings. The van der Waals surface area contributed by atoms with Crippen LogP contribution in [0.3, 0.4) is 0 Å². The Morgan fingerprint density at radius 1 is 1.58 bits per heavy atom. The molecule has 0 bridgehead atoms. The Hall–Kier alpha value is -1.62. The van der Waals surface area contributed by atoms with Gasteiger partial charge in [-0.2, -0.15) is 0 Å². The van der Waals surface area contributed by atoms with E-state index in [9.17, 15) is 4.79 Å². The number of rotatable bonds is 4. The molecule has 0 aliphatic carbocycles. The monoisotopic (exact) mass is 262 g/mol. The molecule has 2 N–H and O–H groups in total. The average Bonchev–Trinajstić information content (AvgIpc) is 2.78. The lowest BCUT2D eigenvalue weighted by atomic mass is 10.0. The molecule has 1 aliphatic rings. The van der Waals surface area contributed by atoms with E-state index in [-0.39, 0.29) is 5.91 Å². The van der Waals surface area contributed by atoms with Crippen LogP contribution in [0.15, 0.2) is 18.3 Å². The number of aromatic nitrogens is 1. The summed E-state index contributed by atoms with van der Waals surface area (Å²) in [6, 6.07) is 3.58. The highest BCUT2D eigenvalue weighted by molar-refractivity contribution is 5.92. The molecule has 0 saturated carbocycles. The number of hydrogen-bond acceptors (Lipinski definition) is 4. The van der Waals surface area contributed by atoms with Gasteiger partial charge in [0, 0.05) is 19.5 Å². The van der Waals surface area contributed by atoms with Crippen molar-refractivity contribution in [3.8, 4) is 0 Å². The van der Waals surface area contributed by atoms with E-state index in [0.717, 1.165) is 19.5 Å². The zero-order valence-electron chi connectivity index (χ0n) is 11.7. The third-order valence-corrected chi connectivity index (χ3v) is 3.62. The Kier molecular flexibility index (Phi) is 4.37. The molecule has 1 aromatic heterocycles. The van der Waals surface area contributed by atoms with Crippen molar-refractivity contribution in [2.24, 2.45) is 5.92 Å². The average molecular weight is 262 g/mol. The molecule has 2 rings (SSSR count). The summed E-state index contributed by atoms with van der Waals surface area (Å²) in [7, 11) is 2.10. The first-order valence-corrected chi connectivity index (χ1v) is 6.80. The second-order valence-electron chi connectivity index (χ2n) is 5.21. The van der Waals surface area contributed by atoms with Gasteiger partial charge in [0.1, 0.15) is 5.82 Å². The van der Waals surface area contributed by atoms with E-state index in [1.54, 1.807) is 23.2 Å². The second-order valence-corrected chi connectivity index (χ2v) is 5.21. The van der Waals surface area contributed by atoms with E-state index in [1.807, 2.05) is 6.92 Å². The maximum absolute atomic E-state index is 12.4. The molecular weight excluding hydrogens is 240 g/mol. The quantitative estimate of drug-likeness (QED) is 0.890. The number of hydrogen-bond donors (Lipinski definition) is 1. The summed E-state index contributed by atoms with van der Waals surface area (Å²) < 4.78 is 0. The number of nitrogens with zero attached hydrogens (tertiary/aromatic N) is 3. The fourth-order valence-corrected chi connectivity index (χ4v) is 2.57. The van der Waals surface area contributed by atoms with Gasteiger partial charge < -0.3 is 10.6 Å². The molecule has 19 heavy (non-hydrogen) atoms. The normalized spacial score (nSPS) is 19.6. The smallest absolute Gasteiger partial charge is 0.228 e. The fourth-order valence-electron chi connectivity index (χ4n) is 2.57. The minimum absolute atomic E-state index is 0.153. The highest BCUT2D eigenvalue weighted by atomic mass is 16.2. The first-order chi connectivity index (χ1) is 9.10. The van der Waals surface area contributed by atoms with Crippen LogP contribution < -0.4 is 10.6 Å². The van der Waals surface area contributed by atoms with Crippen molar-refractivity contribution >= 4 is 17.4 Å². The zero-order chi connectivity index (χ0) is 13.8. The Bertz CT molecular complexity index is 432. The van der Waals surface area contributed by atoms with E-state index in [1.165, 1.54) is 0 Å². The molecule has 0 radical (unpaired) electrons. The number of amides is 1. The standard InChI is InChI=1S/C14H22N4O/c1-3-18(13-5-4-12(15)9-16-13)14(19)8-11-6-7-17(2)10-11/h4-5,9,11H,3,6-8,10,15H2,1-2H3. The highest BCUT2D eigenvalue weighted by Crippen LogP contribution is 2.21. The topological polar surface area (TPSA) is 62.5 Å². The van der Waals surface area contributed by atoms with Crippen molar-refractivity contribution in [1.29, 1.82) is 0 Å². The van der Waals surface area contributed by atoms with Gasteiger partial charge in [0.05, 0.1) is 11.9 Å². The molecule has 104 valence electrons. The van der Waals surface area contributed by atoms with Gasteiger partial charge in [-0.25, -0.2) is 4.98 Å². The predicted molar refractivity (Wildman–Crippen MR) is 76.9 cm³/mol. The first kappa shape index (κ1) is 13.8. The van der Waals surface area contributed by atoms with E-state index < -0.39 is 0 Å². The third kappa shape index (κ3) is 3.44. The van der Waals surface area contributed by atoms with Crippen LogP contribution in [0.25, 0.3) is 0 Å². The molecule has 5 nitrogen and oxygen atoms in total. The minimum Gasteiger partial charge on any atom is -0.397 e. The van der Waals surface area contributed by atoms with Gasteiger partial charge in [-0.1, -0.05) is 0 Å². The Morgan fingerprint density at radius 2 is 2.37 bits per heavy atom. The van der Waals surface area contributed by atoms with Crippen LogP contribution in [0, 0.1) is 5.92 Å². The predicted octanol–water partition coefficient (Wildman–Crippen LogP) is 1.36. The largest absolute Gasteiger partial charge is 0.397 e. The number of carbonyl (C=O) groups is 1. The lowest BCUT2D eigenvalue weighted by Gasteiger charge is -2.21. The van der Waals surface area contributed by atoms with Crippen molar-refractivity contribution in [2.75, 3.05) is 37.3 Å². The zero-order valence-corrected chi connectivity index (χ0v) is 11.7. The van der Waals surface area contributed by atoms with Crippen LogP contribution in [0.5, 0.6) is 0 Å². The van der Waals surface area contributed by atoms with Gasteiger partial charge >= 0.3 is 0 Å². The first-order valence-electron chi connectivity index (χ1n) is 6.80. The third-order valence-electron chi connectivity index (χ3n) is 3.62. The molecule has 1 aliphatic heterocycles. The summed E-state index contributed by atoms with van der Waals surface area (Å²) in [5.41, 5.74) is 6.24. The Labute approximate surface area is 114 Å². The second kappa shape index (κ2) is 6.02. The molecular formula is C14H22N4O. The molecule has 1 unspecified atom stereocenters. The van der Waals surface area contributed by atoms with Crippen LogP contribution >= 0.6 is 0 Å². The van der Waals surface area contributed by atoms with Gasteiger partial charge in [0.2, 0.25) is 5.91 Å². The summed E-state index contributed by atoms with van der Waals surface area (Å²) in [6.07, 6.45) is 3.30. The number of pyridine rings is 1. The Balaban J connectivity index is 2.00.